The topological polar surface area (TPSA) is 41.3 Å². The molecule has 0 radical (unpaired) electrons. The Morgan fingerprint density at radius 1 is 1.50 bits per heavy atom. The van der Waals surface area contributed by atoms with Gasteiger partial charge in [0.25, 0.3) is 0 Å². The summed E-state index contributed by atoms with van der Waals surface area (Å²) in [7, 11) is 4.28. The quantitative estimate of drug-likeness (QED) is 0.683. The van der Waals surface area contributed by atoms with Crippen LogP contribution < -0.4 is 11.1 Å². The zero-order chi connectivity index (χ0) is 10.6. The second-order valence-electron chi connectivity index (χ2n) is 4.76. The van der Waals surface area contributed by atoms with Gasteiger partial charge in [-0.05, 0) is 52.7 Å². The summed E-state index contributed by atoms with van der Waals surface area (Å²) in [6.07, 6.45) is 3.68. The lowest BCUT2D eigenvalue weighted by Crippen LogP contribution is -2.36. The summed E-state index contributed by atoms with van der Waals surface area (Å²) < 4.78 is 0. The molecule has 3 nitrogen and oxygen atoms in total. The second-order valence-corrected chi connectivity index (χ2v) is 4.76. The minimum absolute atomic E-state index is 0.338. The van der Waals surface area contributed by atoms with E-state index in [-0.39, 0.29) is 0 Å². The Kier molecular flexibility index (Phi) is 4.85. The van der Waals surface area contributed by atoms with Crippen LogP contribution in [-0.4, -0.2) is 44.2 Å². The van der Waals surface area contributed by atoms with Crippen LogP contribution in [0.15, 0.2) is 0 Å². The highest BCUT2D eigenvalue weighted by molar-refractivity contribution is 4.83. The zero-order valence-corrected chi connectivity index (χ0v) is 9.79. The molecule has 0 aromatic heterocycles. The first-order chi connectivity index (χ1) is 6.63. The average molecular weight is 199 g/mol. The number of nitrogens with zero attached hydrogens (tertiary/aromatic N) is 1. The molecule has 3 atom stereocenters. The lowest BCUT2D eigenvalue weighted by atomic mass is 9.94. The third-order valence-electron chi connectivity index (χ3n) is 3.30. The maximum atomic E-state index is 5.78. The molecule has 84 valence electrons. The van der Waals surface area contributed by atoms with E-state index in [1.165, 1.54) is 25.9 Å². The van der Waals surface area contributed by atoms with E-state index in [0.717, 1.165) is 12.3 Å². The van der Waals surface area contributed by atoms with Crippen molar-refractivity contribution in [1.82, 2.24) is 10.2 Å². The molecule has 0 amide bonds. The second kappa shape index (κ2) is 5.69. The molecular formula is C11H25N3. The van der Waals surface area contributed by atoms with Crippen molar-refractivity contribution in [3.63, 3.8) is 0 Å². The van der Waals surface area contributed by atoms with E-state index < -0.39 is 0 Å². The predicted octanol–water partition coefficient (Wildman–Crippen LogP) is 0.654. The van der Waals surface area contributed by atoms with Gasteiger partial charge in [-0.1, -0.05) is 0 Å². The lowest BCUT2D eigenvalue weighted by Gasteiger charge is -2.23. The van der Waals surface area contributed by atoms with E-state index in [4.69, 9.17) is 5.73 Å². The molecule has 0 spiro atoms. The first-order valence-electron chi connectivity index (χ1n) is 5.75. The Balaban J connectivity index is 2.30. The van der Waals surface area contributed by atoms with Gasteiger partial charge in [0.2, 0.25) is 0 Å². The highest BCUT2D eigenvalue weighted by atomic mass is 15.1. The van der Waals surface area contributed by atoms with Gasteiger partial charge in [-0.25, -0.2) is 0 Å². The van der Waals surface area contributed by atoms with Crippen LogP contribution in [0.5, 0.6) is 0 Å². The summed E-state index contributed by atoms with van der Waals surface area (Å²) >= 11 is 0. The highest BCUT2D eigenvalue weighted by Crippen LogP contribution is 2.21. The van der Waals surface area contributed by atoms with E-state index in [0.29, 0.717) is 12.1 Å². The molecule has 0 aliphatic carbocycles. The van der Waals surface area contributed by atoms with Crippen molar-refractivity contribution in [2.24, 2.45) is 11.7 Å². The first kappa shape index (κ1) is 12.0. The Morgan fingerprint density at radius 2 is 2.21 bits per heavy atom. The van der Waals surface area contributed by atoms with Crippen molar-refractivity contribution >= 4 is 0 Å². The van der Waals surface area contributed by atoms with Crippen LogP contribution in [-0.2, 0) is 0 Å². The fourth-order valence-corrected chi connectivity index (χ4v) is 2.36. The van der Waals surface area contributed by atoms with Gasteiger partial charge in [0.05, 0.1) is 0 Å². The Hall–Kier alpha value is -0.120. The van der Waals surface area contributed by atoms with Crippen molar-refractivity contribution in [2.45, 2.75) is 38.3 Å². The summed E-state index contributed by atoms with van der Waals surface area (Å²) in [5.41, 5.74) is 5.78. The van der Waals surface area contributed by atoms with Gasteiger partial charge in [-0.2, -0.15) is 0 Å². The van der Waals surface area contributed by atoms with Gasteiger partial charge in [0.1, 0.15) is 0 Å². The zero-order valence-electron chi connectivity index (χ0n) is 9.79. The van der Waals surface area contributed by atoms with Gasteiger partial charge in [-0.15, -0.1) is 0 Å². The number of likely N-dealkylation sites (tertiary alicyclic amines) is 1. The van der Waals surface area contributed by atoms with E-state index >= 15 is 0 Å². The van der Waals surface area contributed by atoms with Crippen LogP contribution >= 0.6 is 0 Å². The van der Waals surface area contributed by atoms with Crippen LogP contribution in [0.25, 0.3) is 0 Å². The summed E-state index contributed by atoms with van der Waals surface area (Å²) in [4.78, 5) is 2.42. The molecule has 0 bridgehead atoms. The minimum atomic E-state index is 0.338. The molecule has 0 saturated carbocycles. The van der Waals surface area contributed by atoms with Crippen LogP contribution in [0.2, 0.25) is 0 Å². The molecule has 1 fully saturated rings. The number of hydrogen-bond donors (Lipinski definition) is 2. The molecule has 0 aromatic carbocycles. The Morgan fingerprint density at radius 3 is 2.64 bits per heavy atom. The number of rotatable bonds is 5. The van der Waals surface area contributed by atoms with Crippen LogP contribution in [0.4, 0.5) is 0 Å². The average Bonchev–Trinajstić information content (AvgIpc) is 2.53. The van der Waals surface area contributed by atoms with E-state index in [9.17, 15) is 0 Å². The summed E-state index contributed by atoms with van der Waals surface area (Å²) in [6, 6.07) is 0.996. The van der Waals surface area contributed by atoms with E-state index in [2.05, 4.69) is 31.2 Å². The van der Waals surface area contributed by atoms with Crippen molar-refractivity contribution < 1.29 is 0 Å². The van der Waals surface area contributed by atoms with Crippen LogP contribution in [0.1, 0.15) is 26.2 Å². The normalized spacial score (nSPS) is 27.9. The number of hydrogen-bond acceptors (Lipinski definition) is 3. The summed E-state index contributed by atoms with van der Waals surface area (Å²) in [6.45, 7) is 4.58. The van der Waals surface area contributed by atoms with Crippen LogP contribution in [0.3, 0.4) is 0 Å². The third kappa shape index (κ3) is 3.56. The lowest BCUT2D eigenvalue weighted by molar-refractivity contribution is 0.326. The molecule has 0 aromatic rings. The molecule has 3 N–H and O–H groups in total. The number of nitrogens with one attached hydrogen (secondary N) is 1. The standard InChI is InChI=1S/C11H25N3/c1-9(12)4-5-11(13-2)10-6-7-14(3)8-10/h9-11,13H,4-8,12H2,1-3H3. The van der Waals surface area contributed by atoms with E-state index in [1.54, 1.807) is 0 Å². The fraction of sp³-hybridized carbons (Fsp3) is 1.00. The van der Waals surface area contributed by atoms with Crippen molar-refractivity contribution in [2.75, 3.05) is 27.2 Å². The SMILES string of the molecule is CNC(CCC(C)N)C1CCN(C)C1. The molecule has 1 heterocycles. The van der Waals surface area contributed by atoms with Gasteiger partial charge in [0, 0.05) is 18.6 Å². The van der Waals surface area contributed by atoms with Crippen molar-refractivity contribution in [1.29, 1.82) is 0 Å². The van der Waals surface area contributed by atoms with Crippen LogP contribution in [0, 0.1) is 5.92 Å². The molecule has 1 rings (SSSR count). The molecule has 1 saturated heterocycles. The Bertz CT molecular complexity index is 159. The monoisotopic (exact) mass is 199 g/mol. The van der Waals surface area contributed by atoms with Gasteiger partial charge in [-0.3, -0.25) is 0 Å². The maximum Gasteiger partial charge on any atom is 0.0106 e. The smallest absolute Gasteiger partial charge is 0.0106 e. The van der Waals surface area contributed by atoms with E-state index in [1.807, 2.05) is 0 Å². The molecule has 1 aliphatic rings. The Labute approximate surface area is 88.0 Å². The highest BCUT2D eigenvalue weighted by Gasteiger charge is 2.26. The largest absolute Gasteiger partial charge is 0.328 e. The molecule has 3 unspecified atom stereocenters. The fourth-order valence-electron chi connectivity index (χ4n) is 2.36. The molecule has 1 aliphatic heterocycles. The van der Waals surface area contributed by atoms with Gasteiger partial charge < -0.3 is 16.0 Å². The van der Waals surface area contributed by atoms with Crippen molar-refractivity contribution in [3.05, 3.63) is 0 Å². The maximum absolute atomic E-state index is 5.78. The molecule has 14 heavy (non-hydrogen) atoms. The summed E-state index contributed by atoms with van der Waals surface area (Å²) in [5.74, 6) is 0.823. The van der Waals surface area contributed by atoms with Crippen molar-refractivity contribution in [3.8, 4) is 0 Å². The minimum Gasteiger partial charge on any atom is -0.328 e. The molecular weight excluding hydrogens is 174 g/mol. The van der Waals surface area contributed by atoms with Gasteiger partial charge in [0.15, 0.2) is 0 Å². The molecule has 3 heteroatoms. The summed E-state index contributed by atoms with van der Waals surface area (Å²) in [5, 5.41) is 3.44. The third-order valence-corrected chi connectivity index (χ3v) is 3.30. The first-order valence-corrected chi connectivity index (χ1v) is 5.75. The van der Waals surface area contributed by atoms with Gasteiger partial charge >= 0.3 is 0 Å². The number of nitrogens with two attached hydrogens (primary N) is 1. The predicted molar refractivity (Wildman–Crippen MR) is 61.3 cm³/mol.